The van der Waals surface area contributed by atoms with Gasteiger partial charge in [0.05, 0.1) is 6.61 Å². The SMILES string of the molecule is Cc1cc(OCCCC2CCN(c3nc(C(C)(F)F)no3)CC2)ccc1C(=O)NCCN. The zero-order chi connectivity index (χ0) is 23.1. The fourth-order valence-corrected chi connectivity index (χ4v) is 3.76. The minimum atomic E-state index is -3.10. The van der Waals surface area contributed by atoms with Crippen molar-refractivity contribution in [1.29, 1.82) is 0 Å². The van der Waals surface area contributed by atoms with E-state index in [-0.39, 0.29) is 11.9 Å². The Balaban J connectivity index is 1.37. The van der Waals surface area contributed by atoms with Crippen molar-refractivity contribution in [3.8, 4) is 5.75 Å². The molecule has 1 saturated heterocycles. The molecule has 1 aromatic carbocycles. The van der Waals surface area contributed by atoms with Crippen LogP contribution in [0, 0.1) is 12.8 Å². The lowest BCUT2D eigenvalue weighted by atomic mass is 9.92. The number of aryl methyl sites for hydroxylation is 1. The highest BCUT2D eigenvalue weighted by Gasteiger charge is 2.32. The maximum absolute atomic E-state index is 13.3. The second-order valence-corrected chi connectivity index (χ2v) is 8.23. The van der Waals surface area contributed by atoms with E-state index in [4.69, 9.17) is 15.0 Å². The van der Waals surface area contributed by atoms with E-state index in [9.17, 15) is 13.6 Å². The second kappa shape index (κ2) is 10.7. The van der Waals surface area contributed by atoms with Crippen molar-refractivity contribution in [2.75, 3.05) is 37.7 Å². The second-order valence-electron chi connectivity index (χ2n) is 8.23. The molecular weight excluding hydrogens is 420 g/mol. The van der Waals surface area contributed by atoms with Crippen molar-refractivity contribution in [3.63, 3.8) is 0 Å². The third-order valence-electron chi connectivity index (χ3n) is 5.59. The molecule has 0 saturated carbocycles. The molecule has 2 heterocycles. The van der Waals surface area contributed by atoms with E-state index in [1.807, 2.05) is 17.9 Å². The number of alkyl halides is 2. The van der Waals surface area contributed by atoms with Gasteiger partial charge in [0, 0.05) is 38.7 Å². The Hall–Kier alpha value is -2.75. The first-order chi connectivity index (χ1) is 15.3. The summed E-state index contributed by atoms with van der Waals surface area (Å²) in [4.78, 5) is 17.8. The molecule has 1 aliphatic rings. The number of hydrogen-bond donors (Lipinski definition) is 2. The Morgan fingerprint density at radius 2 is 2.12 bits per heavy atom. The lowest BCUT2D eigenvalue weighted by Gasteiger charge is -2.30. The fourth-order valence-electron chi connectivity index (χ4n) is 3.76. The van der Waals surface area contributed by atoms with E-state index in [0.717, 1.165) is 43.9 Å². The van der Waals surface area contributed by atoms with Gasteiger partial charge in [0.1, 0.15) is 5.75 Å². The van der Waals surface area contributed by atoms with Crippen molar-refractivity contribution in [2.24, 2.45) is 11.7 Å². The Kier molecular flexibility index (Phi) is 8.00. The Labute approximate surface area is 186 Å². The number of nitrogens with zero attached hydrogens (tertiary/aromatic N) is 3. The van der Waals surface area contributed by atoms with Gasteiger partial charge in [-0.25, -0.2) is 0 Å². The third kappa shape index (κ3) is 6.38. The maximum atomic E-state index is 13.3. The first-order valence-electron chi connectivity index (χ1n) is 11.0. The predicted octanol–water partition coefficient (Wildman–Crippen LogP) is 3.25. The number of anilines is 1. The van der Waals surface area contributed by atoms with Crippen LogP contribution >= 0.6 is 0 Å². The van der Waals surface area contributed by atoms with E-state index in [1.54, 1.807) is 12.1 Å². The van der Waals surface area contributed by atoms with Crippen molar-refractivity contribution < 1.29 is 22.8 Å². The zero-order valence-electron chi connectivity index (χ0n) is 18.6. The summed E-state index contributed by atoms with van der Waals surface area (Å²) < 4.78 is 37.4. The van der Waals surface area contributed by atoms with Crippen molar-refractivity contribution in [3.05, 3.63) is 35.2 Å². The van der Waals surface area contributed by atoms with E-state index >= 15 is 0 Å². The summed E-state index contributed by atoms with van der Waals surface area (Å²) in [7, 11) is 0. The highest BCUT2D eigenvalue weighted by atomic mass is 19.3. The van der Waals surface area contributed by atoms with Gasteiger partial charge in [-0.1, -0.05) is 5.16 Å². The monoisotopic (exact) mass is 451 g/mol. The van der Waals surface area contributed by atoms with Crippen LogP contribution in [0.4, 0.5) is 14.8 Å². The number of hydrogen-bond acceptors (Lipinski definition) is 7. The smallest absolute Gasteiger partial charge is 0.324 e. The Bertz CT molecular complexity index is 892. The van der Waals surface area contributed by atoms with Crippen LogP contribution in [0.5, 0.6) is 5.75 Å². The van der Waals surface area contributed by atoms with E-state index < -0.39 is 11.7 Å². The van der Waals surface area contributed by atoms with E-state index in [0.29, 0.717) is 44.3 Å². The summed E-state index contributed by atoms with van der Waals surface area (Å²) in [5.74, 6) is -2.53. The molecule has 32 heavy (non-hydrogen) atoms. The third-order valence-corrected chi connectivity index (χ3v) is 5.59. The quantitative estimate of drug-likeness (QED) is 0.534. The topological polar surface area (TPSA) is 107 Å². The number of rotatable bonds is 10. The van der Waals surface area contributed by atoms with Crippen LogP contribution in [0.2, 0.25) is 0 Å². The average molecular weight is 452 g/mol. The number of ether oxygens (including phenoxy) is 1. The number of carbonyl (C=O) groups is 1. The molecule has 0 atom stereocenters. The molecule has 0 unspecified atom stereocenters. The van der Waals surface area contributed by atoms with Gasteiger partial charge < -0.3 is 25.2 Å². The normalized spacial score (nSPS) is 15.1. The van der Waals surface area contributed by atoms with Gasteiger partial charge in [0.2, 0.25) is 5.82 Å². The molecule has 0 spiro atoms. The number of aromatic nitrogens is 2. The van der Waals surface area contributed by atoms with E-state index in [2.05, 4.69) is 15.5 Å². The summed E-state index contributed by atoms with van der Waals surface area (Å²) in [6.07, 6.45) is 3.81. The van der Waals surface area contributed by atoms with Crippen molar-refractivity contribution in [1.82, 2.24) is 15.5 Å². The minimum absolute atomic E-state index is 0.133. The minimum Gasteiger partial charge on any atom is -0.494 e. The van der Waals surface area contributed by atoms with Gasteiger partial charge >= 0.3 is 11.9 Å². The molecule has 1 aliphatic heterocycles. The van der Waals surface area contributed by atoms with Crippen LogP contribution < -0.4 is 20.7 Å². The largest absolute Gasteiger partial charge is 0.494 e. The molecule has 2 aromatic rings. The van der Waals surface area contributed by atoms with Crippen LogP contribution in [0.15, 0.2) is 22.7 Å². The lowest BCUT2D eigenvalue weighted by molar-refractivity contribution is 0.00559. The summed E-state index contributed by atoms with van der Waals surface area (Å²) >= 11 is 0. The number of carbonyl (C=O) groups excluding carboxylic acids is 1. The molecule has 0 bridgehead atoms. The van der Waals surface area contributed by atoms with Crippen molar-refractivity contribution >= 4 is 11.9 Å². The molecule has 0 aliphatic carbocycles. The number of piperidine rings is 1. The highest BCUT2D eigenvalue weighted by molar-refractivity contribution is 5.95. The average Bonchev–Trinajstić information content (AvgIpc) is 3.26. The van der Waals surface area contributed by atoms with Crippen LogP contribution in [0.25, 0.3) is 0 Å². The van der Waals surface area contributed by atoms with Gasteiger partial charge in [0.15, 0.2) is 0 Å². The molecule has 0 radical (unpaired) electrons. The molecule has 8 nitrogen and oxygen atoms in total. The van der Waals surface area contributed by atoms with Crippen LogP contribution in [0.3, 0.4) is 0 Å². The van der Waals surface area contributed by atoms with Crippen LogP contribution in [-0.4, -0.2) is 48.8 Å². The molecule has 3 rings (SSSR count). The number of amides is 1. The summed E-state index contributed by atoms with van der Waals surface area (Å²) in [5, 5.41) is 6.15. The molecule has 1 fully saturated rings. The van der Waals surface area contributed by atoms with Gasteiger partial charge in [-0.05, 0) is 62.3 Å². The molecule has 3 N–H and O–H groups in total. The summed E-state index contributed by atoms with van der Waals surface area (Å²) in [6.45, 7) is 5.49. The highest BCUT2D eigenvalue weighted by Crippen LogP contribution is 2.29. The molecule has 1 amide bonds. The molecule has 10 heteroatoms. The zero-order valence-corrected chi connectivity index (χ0v) is 18.6. The molecular formula is C22H31F2N5O3. The number of benzene rings is 1. The van der Waals surface area contributed by atoms with Crippen LogP contribution in [-0.2, 0) is 5.92 Å². The van der Waals surface area contributed by atoms with Gasteiger partial charge in [-0.2, -0.15) is 13.8 Å². The fraction of sp³-hybridized carbons (Fsp3) is 0.591. The molecule has 176 valence electrons. The predicted molar refractivity (Wildman–Crippen MR) is 116 cm³/mol. The van der Waals surface area contributed by atoms with E-state index in [1.165, 1.54) is 0 Å². The lowest BCUT2D eigenvalue weighted by Crippen LogP contribution is -2.34. The Morgan fingerprint density at radius 3 is 2.75 bits per heavy atom. The van der Waals surface area contributed by atoms with Crippen molar-refractivity contribution in [2.45, 2.75) is 45.5 Å². The number of nitrogens with two attached hydrogens (primary N) is 1. The number of nitrogens with one attached hydrogen (secondary N) is 1. The summed E-state index contributed by atoms with van der Waals surface area (Å²) in [6, 6.07) is 5.61. The van der Waals surface area contributed by atoms with Gasteiger partial charge in [-0.3, -0.25) is 4.79 Å². The molecule has 1 aromatic heterocycles. The maximum Gasteiger partial charge on any atom is 0.324 e. The standard InChI is InChI=1S/C22H31F2N5O3/c1-15-14-17(5-6-18(15)19(30)26-10-9-25)31-13-3-4-16-7-11-29(12-8-16)21-27-20(28-32-21)22(2,23)24/h5-6,14,16H,3-4,7-13,25H2,1-2H3,(H,26,30). The first-order valence-corrected chi connectivity index (χ1v) is 11.0. The van der Waals surface area contributed by atoms with Gasteiger partial charge in [0.25, 0.3) is 5.91 Å². The first kappa shape index (κ1) is 23.9. The Morgan fingerprint density at radius 1 is 1.38 bits per heavy atom. The number of halogens is 2. The van der Waals surface area contributed by atoms with Crippen LogP contribution in [0.1, 0.15) is 54.4 Å². The van der Waals surface area contributed by atoms with Gasteiger partial charge in [-0.15, -0.1) is 0 Å². The summed E-state index contributed by atoms with van der Waals surface area (Å²) in [5.41, 5.74) is 6.89.